The monoisotopic (exact) mass is 418 g/mol. The van der Waals surface area contributed by atoms with Crippen molar-refractivity contribution in [3.63, 3.8) is 0 Å². The predicted octanol–water partition coefficient (Wildman–Crippen LogP) is 5.29. The van der Waals surface area contributed by atoms with Gasteiger partial charge in [0.1, 0.15) is 5.60 Å². The van der Waals surface area contributed by atoms with Crippen molar-refractivity contribution in [1.82, 2.24) is 14.9 Å². The van der Waals surface area contributed by atoms with Crippen molar-refractivity contribution >= 4 is 34.5 Å². The minimum atomic E-state index is -0.481. The van der Waals surface area contributed by atoms with Crippen molar-refractivity contribution in [3.05, 3.63) is 47.8 Å². The van der Waals surface area contributed by atoms with Crippen LogP contribution in [0.3, 0.4) is 0 Å². The molecular formula is C25H30N4O2. The number of amides is 1. The molecule has 0 saturated heterocycles. The molecule has 1 aromatic heterocycles. The topological polar surface area (TPSA) is 67.7 Å². The number of allylic oxidation sites excluding steroid dienone is 2. The number of hydrogen-bond donors (Lipinski definition) is 0. The van der Waals surface area contributed by atoms with Gasteiger partial charge in [0, 0.05) is 30.9 Å². The number of aromatic nitrogens is 2. The molecule has 162 valence electrons. The number of hydrogen-bond acceptors (Lipinski definition) is 5. The number of ether oxygens (including phenoxy) is 1. The Bertz CT molecular complexity index is 1080. The Kier molecular flexibility index (Phi) is 5.90. The van der Waals surface area contributed by atoms with Crippen molar-refractivity contribution in [3.8, 4) is 0 Å². The zero-order valence-corrected chi connectivity index (χ0v) is 18.8. The standard InChI is InChI=1S/C25H30N4O2/c1-17-6-5-7-20(15-26-17)23-16-27-21-9-8-19(14-22(21)28-23)18-10-12-29(13-11-18)24(30)31-25(2,3)4/h7-10,14-17H,5-6,11-13H2,1-4H3. The summed E-state index contributed by atoms with van der Waals surface area (Å²) in [6.07, 6.45) is 10.6. The maximum Gasteiger partial charge on any atom is 0.410 e. The molecule has 2 aliphatic heterocycles. The van der Waals surface area contributed by atoms with Crippen molar-refractivity contribution in [1.29, 1.82) is 0 Å². The zero-order chi connectivity index (χ0) is 22.0. The van der Waals surface area contributed by atoms with E-state index in [2.05, 4.69) is 41.2 Å². The van der Waals surface area contributed by atoms with Gasteiger partial charge in [0.15, 0.2) is 0 Å². The van der Waals surface area contributed by atoms with Crippen LogP contribution in [0.4, 0.5) is 4.79 Å². The molecule has 0 bridgehead atoms. The third kappa shape index (κ3) is 5.19. The summed E-state index contributed by atoms with van der Waals surface area (Å²) in [5, 5.41) is 0. The van der Waals surface area contributed by atoms with Crippen molar-refractivity contribution < 1.29 is 9.53 Å². The molecule has 6 nitrogen and oxygen atoms in total. The molecule has 1 atom stereocenters. The lowest BCUT2D eigenvalue weighted by molar-refractivity contribution is 0.0270. The normalized spacial score (nSPS) is 19.6. The second-order valence-electron chi connectivity index (χ2n) is 9.23. The first-order chi connectivity index (χ1) is 14.8. The number of carbonyl (C=O) groups is 1. The quantitative estimate of drug-likeness (QED) is 0.664. The highest BCUT2D eigenvalue weighted by atomic mass is 16.6. The Balaban J connectivity index is 1.54. The molecule has 6 heteroatoms. The molecule has 1 aromatic carbocycles. The molecule has 1 unspecified atom stereocenters. The summed E-state index contributed by atoms with van der Waals surface area (Å²) in [6, 6.07) is 6.53. The van der Waals surface area contributed by atoms with E-state index in [1.165, 1.54) is 5.57 Å². The van der Waals surface area contributed by atoms with Gasteiger partial charge in [-0.15, -0.1) is 0 Å². The Morgan fingerprint density at radius 3 is 2.77 bits per heavy atom. The summed E-state index contributed by atoms with van der Waals surface area (Å²) < 4.78 is 5.49. The van der Waals surface area contributed by atoms with Crippen molar-refractivity contribution in [2.45, 2.75) is 58.6 Å². The van der Waals surface area contributed by atoms with E-state index in [1.807, 2.05) is 39.2 Å². The molecule has 4 rings (SSSR count). The third-order valence-corrected chi connectivity index (χ3v) is 5.49. The van der Waals surface area contributed by atoms with Crippen molar-refractivity contribution in [2.75, 3.05) is 13.1 Å². The predicted molar refractivity (Wildman–Crippen MR) is 125 cm³/mol. The fourth-order valence-corrected chi connectivity index (χ4v) is 3.76. The number of nitrogens with zero attached hydrogens (tertiary/aromatic N) is 4. The summed E-state index contributed by atoms with van der Waals surface area (Å²) in [5.74, 6) is 0. The first-order valence-electron chi connectivity index (χ1n) is 11.0. The average molecular weight is 419 g/mol. The Morgan fingerprint density at radius 1 is 1.19 bits per heavy atom. The van der Waals surface area contributed by atoms with Crippen LogP contribution >= 0.6 is 0 Å². The third-order valence-electron chi connectivity index (χ3n) is 5.49. The van der Waals surface area contributed by atoms with Gasteiger partial charge >= 0.3 is 6.09 Å². The van der Waals surface area contributed by atoms with Gasteiger partial charge in [-0.25, -0.2) is 9.78 Å². The van der Waals surface area contributed by atoms with Crippen LogP contribution in [0.5, 0.6) is 0 Å². The lowest BCUT2D eigenvalue weighted by atomic mass is 9.99. The highest BCUT2D eigenvalue weighted by Crippen LogP contribution is 2.26. The minimum Gasteiger partial charge on any atom is -0.444 e. The van der Waals surface area contributed by atoms with Crippen LogP contribution in [0, 0.1) is 0 Å². The molecule has 0 aliphatic carbocycles. The van der Waals surface area contributed by atoms with E-state index in [0.717, 1.165) is 47.1 Å². The maximum atomic E-state index is 12.3. The molecule has 3 heterocycles. The number of fused-ring (bicyclic) bond motifs is 1. The van der Waals surface area contributed by atoms with Gasteiger partial charge in [-0.2, -0.15) is 0 Å². The summed E-state index contributed by atoms with van der Waals surface area (Å²) in [4.78, 5) is 28.1. The molecule has 0 spiro atoms. The lowest BCUT2D eigenvalue weighted by Gasteiger charge is -2.29. The van der Waals surface area contributed by atoms with Crippen LogP contribution in [0.25, 0.3) is 22.2 Å². The van der Waals surface area contributed by atoms with Crippen LogP contribution in [0.2, 0.25) is 0 Å². The van der Waals surface area contributed by atoms with E-state index in [-0.39, 0.29) is 6.09 Å². The van der Waals surface area contributed by atoms with E-state index in [1.54, 1.807) is 4.90 Å². The molecule has 31 heavy (non-hydrogen) atoms. The number of carbonyl (C=O) groups excluding carboxylic acids is 1. The smallest absolute Gasteiger partial charge is 0.410 e. The van der Waals surface area contributed by atoms with E-state index in [4.69, 9.17) is 9.72 Å². The molecule has 0 fully saturated rings. The van der Waals surface area contributed by atoms with E-state index >= 15 is 0 Å². The molecule has 2 aliphatic rings. The lowest BCUT2D eigenvalue weighted by Crippen LogP contribution is -2.39. The van der Waals surface area contributed by atoms with Gasteiger partial charge in [0.2, 0.25) is 0 Å². The SMILES string of the molecule is CC1CCC=C(c2cnc3ccc(C4=CCN(C(=O)OC(C)(C)C)CC4)cc3n2)C=N1. The van der Waals surface area contributed by atoms with E-state index in [0.29, 0.717) is 19.1 Å². The van der Waals surface area contributed by atoms with Crippen LogP contribution in [-0.4, -0.2) is 51.9 Å². The van der Waals surface area contributed by atoms with E-state index in [9.17, 15) is 4.79 Å². The molecule has 0 saturated carbocycles. The summed E-state index contributed by atoms with van der Waals surface area (Å²) in [7, 11) is 0. The number of aliphatic imine (C=N–C) groups is 1. The Hall–Kier alpha value is -3.02. The minimum absolute atomic E-state index is 0.260. The Morgan fingerprint density at radius 2 is 2.03 bits per heavy atom. The van der Waals surface area contributed by atoms with E-state index < -0.39 is 5.60 Å². The second kappa shape index (κ2) is 8.61. The fraction of sp³-hybridized carbons (Fsp3) is 0.440. The number of benzene rings is 1. The second-order valence-corrected chi connectivity index (χ2v) is 9.23. The van der Waals surface area contributed by atoms with Crippen LogP contribution < -0.4 is 0 Å². The van der Waals surface area contributed by atoms with Crippen LogP contribution in [0.1, 0.15) is 58.2 Å². The van der Waals surface area contributed by atoms with Gasteiger partial charge in [-0.3, -0.25) is 9.98 Å². The molecule has 0 radical (unpaired) electrons. The van der Waals surface area contributed by atoms with Crippen molar-refractivity contribution in [2.24, 2.45) is 4.99 Å². The fourth-order valence-electron chi connectivity index (χ4n) is 3.76. The molecule has 2 aromatic rings. The summed E-state index contributed by atoms with van der Waals surface area (Å²) in [5.41, 5.74) is 5.50. The van der Waals surface area contributed by atoms with Crippen LogP contribution in [-0.2, 0) is 4.74 Å². The molecular weight excluding hydrogens is 388 g/mol. The van der Waals surface area contributed by atoms with Crippen LogP contribution in [0.15, 0.2) is 41.5 Å². The average Bonchev–Trinajstić information content (AvgIpc) is 2.96. The highest BCUT2D eigenvalue weighted by Gasteiger charge is 2.24. The van der Waals surface area contributed by atoms with Gasteiger partial charge in [0.25, 0.3) is 0 Å². The first-order valence-corrected chi connectivity index (χ1v) is 11.0. The molecule has 0 N–H and O–H groups in total. The van der Waals surface area contributed by atoms with Gasteiger partial charge in [-0.1, -0.05) is 18.2 Å². The maximum absolute atomic E-state index is 12.3. The van der Waals surface area contributed by atoms with Gasteiger partial charge in [0.05, 0.1) is 22.9 Å². The first kappa shape index (κ1) is 21.2. The highest BCUT2D eigenvalue weighted by molar-refractivity contribution is 6.09. The van der Waals surface area contributed by atoms with Gasteiger partial charge in [-0.05, 0) is 70.2 Å². The Labute approximate surface area is 183 Å². The summed E-state index contributed by atoms with van der Waals surface area (Å²) in [6.45, 7) is 8.99. The zero-order valence-electron chi connectivity index (χ0n) is 18.8. The number of rotatable bonds is 2. The largest absolute Gasteiger partial charge is 0.444 e. The van der Waals surface area contributed by atoms with Gasteiger partial charge < -0.3 is 9.64 Å². The summed E-state index contributed by atoms with van der Waals surface area (Å²) >= 11 is 0. The molecule has 1 amide bonds.